The van der Waals surface area contributed by atoms with Gasteiger partial charge in [0.25, 0.3) is 0 Å². The molecule has 0 saturated carbocycles. The molecule has 0 aliphatic rings. The van der Waals surface area contributed by atoms with Crippen LogP contribution in [0.5, 0.6) is 0 Å². The van der Waals surface area contributed by atoms with Gasteiger partial charge in [0.15, 0.2) is 0 Å². The highest BCUT2D eigenvalue weighted by Gasteiger charge is 2.14. The number of aromatic nitrogens is 4. The summed E-state index contributed by atoms with van der Waals surface area (Å²) in [6.45, 7) is 6.50. The molecule has 0 spiro atoms. The van der Waals surface area contributed by atoms with Crippen molar-refractivity contribution in [2.24, 2.45) is 0 Å². The molecule has 2 aromatic heterocycles. The van der Waals surface area contributed by atoms with Crippen LogP contribution in [0, 0.1) is 13.8 Å². The molecule has 2 heterocycles. The Labute approximate surface area is 116 Å². The molecule has 1 unspecified atom stereocenters. The molecule has 0 amide bonds. The van der Waals surface area contributed by atoms with E-state index in [0.717, 1.165) is 11.4 Å². The lowest BCUT2D eigenvalue weighted by Gasteiger charge is -2.16. The number of hydrogen-bond donors (Lipinski definition) is 2. The quantitative estimate of drug-likeness (QED) is 0.858. The van der Waals surface area contributed by atoms with Gasteiger partial charge in [-0.3, -0.25) is 4.68 Å². The number of rotatable bonds is 5. The van der Waals surface area contributed by atoms with Gasteiger partial charge in [-0.1, -0.05) is 0 Å². The number of anilines is 1. The van der Waals surface area contributed by atoms with Gasteiger partial charge in [-0.25, -0.2) is 14.8 Å². The van der Waals surface area contributed by atoms with Gasteiger partial charge in [-0.05, 0) is 26.8 Å². The van der Waals surface area contributed by atoms with Gasteiger partial charge in [-0.2, -0.15) is 5.10 Å². The third-order valence-electron chi connectivity index (χ3n) is 2.88. The number of carbonyl (C=O) groups is 1. The van der Waals surface area contributed by atoms with Crippen LogP contribution in [-0.4, -0.2) is 36.9 Å². The lowest BCUT2D eigenvalue weighted by atomic mass is 10.2. The first kappa shape index (κ1) is 14.0. The third kappa shape index (κ3) is 3.11. The first-order valence-corrected chi connectivity index (χ1v) is 6.28. The SMILES string of the molecule is Cc1cc(C)n(CC(C)Nc2ncncc2C(=O)O)n1. The van der Waals surface area contributed by atoms with Crippen molar-refractivity contribution < 1.29 is 9.90 Å². The maximum Gasteiger partial charge on any atom is 0.341 e. The molecule has 2 rings (SSSR count). The largest absolute Gasteiger partial charge is 0.477 e. The van der Waals surface area contributed by atoms with Crippen LogP contribution >= 0.6 is 0 Å². The molecule has 0 aliphatic carbocycles. The van der Waals surface area contributed by atoms with Crippen molar-refractivity contribution in [3.8, 4) is 0 Å². The Kier molecular flexibility index (Phi) is 3.97. The normalized spacial score (nSPS) is 12.2. The minimum Gasteiger partial charge on any atom is -0.477 e. The summed E-state index contributed by atoms with van der Waals surface area (Å²) < 4.78 is 1.88. The highest BCUT2D eigenvalue weighted by atomic mass is 16.4. The summed E-state index contributed by atoms with van der Waals surface area (Å²) in [5.74, 6) is -0.729. The highest BCUT2D eigenvalue weighted by molar-refractivity contribution is 5.92. The summed E-state index contributed by atoms with van der Waals surface area (Å²) in [6.07, 6.45) is 2.61. The number of aryl methyl sites for hydroxylation is 2. The first-order chi connectivity index (χ1) is 9.47. The molecular formula is C13H17N5O2. The van der Waals surface area contributed by atoms with E-state index in [1.165, 1.54) is 12.5 Å². The molecule has 7 heteroatoms. The van der Waals surface area contributed by atoms with Crippen molar-refractivity contribution >= 4 is 11.8 Å². The number of carboxylic acids is 1. The van der Waals surface area contributed by atoms with E-state index >= 15 is 0 Å². The summed E-state index contributed by atoms with van der Waals surface area (Å²) in [7, 11) is 0. The van der Waals surface area contributed by atoms with Crippen molar-refractivity contribution in [3.05, 3.63) is 35.5 Å². The van der Waals surface area contributed by atoms with Crippen LogP contribution in [0.2, 0.25) is 0 Å². The second-order valence-electron chi connectivity index (χ2n) is 4.74. The van der Waals surface area contributed by atoms with Crippen LogP contribution in [0.1, 0.15) is 28.7 Å². The van der Waals surface area contributed by atoms with Gasteiger partial charge in [0.1, 0.15) is 17.7 Å². The summed E-state index contributed by atoms with van der Waals surface area (Å²) in [6, 6.07) is 1.99. The fraction of sp³-hybridized carbons (Fsp3) is 0.385. The van der Waals surface area contributed by atoms with E-state index in [2.05, 4.69) is 20.4 Å². The number of nitrogens with zero attached hydrogens (tertiary/aromatic N) is 4. The molecule has 0 saturated heterocycles. The fourth-order valence-electron chi connectivity index (χ4n) is 2.00. The van der Waals surface area contributed by atoms with Crippen molar-refractivity contribution in [1.82, 2.24) is 19.7 Å². The Morgan fingerprint density at radius 2 is 2.25 bits per heavy atom. The van der Waals surface area contributed by atoms with Crippen LogP contribution in [0.25, 0.3) is 0 Å². The zero-order valence-corrected chi connectivity index (χ0v) is 11.7. The van der Waals surface area contributed by atoms with Crippen molar-refractivity contribution in [2.45, 2.75) is 33.4 Å². The Morgan fingerprint density at radius 3 is 2.85 bits per heavy atom. The maximum absolute atomic E-state index is 11.1. The number of nitrogens with one attached hydrogen (secondary N) is 1. The van der Waals surface area contributed by atoms with E-state index < -0.39 is 5.97 Å². The number of hydrogen-bond acceptors (Lipinski definition) is 5. The molecule has 0 fully saturated rings. The molecule has 1 atom stereocenters. The summed E-state index contributed by atoms with van der Waals surface area (Å²) in [5, 5.41) is 16.5. The van der Waals surface area contributed by atoms with Crippen LogP contribution in [-0.2, 0) is 6.54 Å². The van der Waals surface area contributed by atoms with Gasteiger partial charge in [-0.15, -0.1) is 0 Å². The maximum atomic E-state index is 11.1. The van der Waals surface area contributed by atoms with E-state index in [-0.39, 0.29) is 11.6 Å². The highest BCUT2D eigenvalue weighted by Crippen LogP contribution is 2.12. The van der Waals surface area contributed by atoms with Crippen molar-refractivity contribution in [2.75, 3.05) is 5.32 Å². The standard InChI is InChI=1S/C13H17N5O2/c1-8-4-10(3)18(17-8)6-9(2)16-12-11(13(19)20)5-14-7-15-12/h4-5,7,9H,6H2,1-3H3,(H,19,20)(H,14,15,16). The zero-order chi connectivity index (χ0) is 14.7. The average molecular weight is 275 g/mol. The van der Waals surface area contributed by atoms with E-state index in [1.807, 2.05) is 31.5 Å². The van der Waals surface area contributed by atoms with Gasteiger partial charge in [0.2, 0.25) is 0 Å². The molecule has 0 bridgehead atoms. The Bertz CT molecular complexity index is 623. The van der Waals surface area contributed by atoms with Gasteiger partial charge < -0.3 is 10.4 Å². The smallest absolute Gasteiger partial charge is 0.341 e. The zero-order valence-electron chi connectivity index (χ0n) is 11.7. The molecule has 2 aromatic rings. The first-order valence-electron chi connectivity index (χ1n) is 6.28. The minimum atomic E-state index is -1.05. The third-order valence-corrected chi connectivity index (χ3v) is 2.88. The summed E-state index contributed by atoms with van der Waals surface area (Å²) in [4.78, 5) is 18.8. The van der Waals surface area contributed by atoms with Crippen molar-refractivity contribution in [3.63, 3.8) is 0 Å². The van der Waals surface area contributed by atoms with Crippen LogP contribution in [0.3, 0.4) is 0 Å². The topological polar surface area (TPSA) is 92.9 Å². The molecule has 0 radical (unpaired) electrons. The summed E-state index contributed by atoms with van der Waals surface area (Å²) >= 11 is 0. The molecule has 7 nitrogen and oxygen atoms in total. The Hall–Kier alpha value is -2.44. The fourth-order valence-corrected chi connectivity index (χ4v) is 2.00. The van der Waals surface area contributed by atoms with Crippen LogP contribution in [0.15, 0.2) is 18.6 Å². The monoisotopic (exact) mass is 275 g/mol. The number of aromatic carboxylic acids is 1. The lowest BCUT2D eigenvalue weighted by molar-refractivity contribution is 0.0697. The minimum absolute atomic E-state index is 0.0130. The second-order valence-corrected chi connectivity index (χ2v) is 4.74. The molecule has 106 valence electrons. The van der Waals surface area contributed by atoms with Gasteiger partial charge in [0.05, 0.1) is 12.2 Å². The Balaban J connectivity index is 2.10. The number of carboxylic acid groups (broad SMARTS) is 1. The van der Waals surface area contributed by atoms with Gasteiger partial charge in [0, 0.05) is 17.9 Å². The van der Waals surface area contributed by atoms with Crippen molar-refractivity contribution in [1.29, 1.82) is 0 Å². The lowest BCUT2D eigenvalue weighted by Crippen LogP contribution is -2.25. The van der Waals surface area contributed by atoms with Crippen LogP contribution < -0.4 is 5.32 Å². The molecule has 2 N–H and O–H groups in total. The Morgan fingerprint density at radius 1 is 1.50 bits per heavy atom. The predicted molar refractivity (Wildman–Crippen MR) is 73.8 cm³/mol. The second kappa shape index (κ2) is 5.68. The molecule has 0 aliphatic heterocycles. The van der Waals surface area contributed by atoms with Crippen LogP contribution in [0.4, 0.5) is 5.82 Å². The summed E-state index contributed by atoms with van der Waals surface area (Å²) in [5.41, 5.74) is 2.09. The molecular weight excluding hydrogens is 258 g/mol. The molecule has 20 heavy (non-hydrogen) atoms. The van der Waals surface area contributed by atoms with E-state index in [1.54, 1.807) is 0 Å². The molecule has 0 aromatic carbocycles. The van der Waals surface area contributed by atoms with E-state index in [4.69, 9.17) is 5.11 Å². The van der Waals surface area contributed by atoms with E-state index in [9.17, 15) is 4.79 Å². The predicted octanol–water partition coefficient (Wildman–Crippen LogP) is 1.49. The average Bonchev–Trinajstić information content (AvgIpc) is 2.68. The van der Waals surface area contributed by atoms with Gasteiger partial charge >= 0.3 is 5.97 Å². The van der Waals surface area contributed by atoms with E-state index in [0.29, 0.717) is 12.4 Å².